The zero-order chi connectivity index (χ0) is 11.0. The smallest absolute Gasteiger partial charge is 0.124 e. The molecule has 0 atom stereocenters. The first-order chi connectivity index (χ1) is 7.86. The Hall–Kier alpha value is -1.87. The van der Waals surface area contributed by atoms with Crippen molar-refractivity contribution >= 4 is 34.6 Å². The molecule has 16 heavy (non-hydrogen) atoms. The van der Waals surface area contributed by atoms with Crippen molar-refractivity contribution in [3.05, 3.63) is 53.6 Å². The highest BCUT2D eigenvalue weighted by Gasteiger charge is 2.21. The van der Waals surface area contributed by atoms with Gasteiger partial charge in [0, 0.05) is 16.0 Å². The Morgan fingerprint density at radius 3 is 2.69 bits per heavy atom. The Balaban J connectivity index is 2.22. The van der Waals surface area contributed by atoms with E-state index in [1.807, 2.05) is 42.5 Å². The van der Waals surface area contributed by atoms with Crippen molar-refractivity contribution in [2.45, 2.75) is 0 Å². The molecule has 1 heterocycles. The summed E-state index contributed by atoms with van der Waals surface area (Å²) < 4.78 is 0. The molecule has 2 aliphatic rings. The summed E-state index contributed by atoms with van der Waals surface area (Å²) in [7, 11) is 0. The third-order valence-corrected chi connectivity index (χ3v) is 2.87. The molecule has 0 amide bonds. The van der Waals surface area contributed by atoms with E-state index in [2.05, 4.69) is 16.4 Å². The lowest BCUT2D eigenvalue weighted by Gasteiger charge is -2.13. The lowest BCUT2D eigenvalue weighted by Crippen LogP contribution is -2.11. The minimum Gasteiger partial charge on any atom is -0.150 e. The topological polar surface area (TPSA) is 24.7 Å². The maximum atomic E-state index is 5.35. The van der Waals surface area contributed by atoms with Crippen LogP contribution in [-0.2, 0) is 0 Å². The van der Waals surface area contributed by atoms with Gasteiger partial charge in [-0.1, -0.05) is 42.5 Å². The molecular weight excluding hydrogens is 216 g/mol. The van der Waals surface area contributed by atoms with Gasteiger partial charge in [-0.15, -0.1) is 10.2 Å². The number of hydrogen-bond donors (Lipinski definition) is 0. The Morgan fingerprint density at radius 2 is 1.88 bits per heavy atom. The Kier molecular flexibility index (Phi) is 2.11. The summed E-state index contributed by atoms with van der Waals surface area (Å²) in [5, 5.41) is 7.80. The van der Waals surface area contributed by atoms with Crippen molar-refractivity contribution in [2.24, 2.45) is 10.2 Å². The second kappa shape index (κ2) is 3.61. The van der Waals surface area contributed by atoms with Crippen LogP contribution in [0.5, 0.6) is 0 Å². The van der Waals surface area contributed by atoms with Gasteiger partial charge >= 0.3 is 0 Å². The molecule has 0 saturated heterocycles. The highest BCUT2D eigenvalue weighted by Crippen LogP contribution is 2.27. The molecule has 1 aromatic carbocycles. The van der Waals surface area contributed by atoms with Crippen molar-refractivity contribution in [3.8, 4) is 0 Å². The summed E-state index contributed by atoms with van der Waals surface area (Å²) in [6, 6.07) is 10.0. The standard InChI is InChI=1S/C13H7N2S/c16-12-7-6-11-10(8-14-15-11)13(12)9-4-2-1-3-5-9/h1-7H. The number of hydrogen-bond acceptors (Lipinski definition) is 3. The van der Waals surface area contributed by atoms with Gasteiger partial charge < -0.3 is 0 Å². The molecule has 3 heteroatoms. The number of allylic oxidation sites excluding steroid dienone is 4. The van der Waals surface area contributed by atoms with Gasteiger partial charge in [-0.3, -0.25) is 0 Å². The second-order valence-electron chi connectivity index (χ2n) is 3.51. The summed E-state index contributed by atoms with van der Waals surface area (Å²) in [5.74, 6) is 0. The van der Waals surface area contributed by atoms with E-state index in [1.54, 1.807) is 0 Å². The van der Waals surface area contributed by atoms with Gasteiger partial charge in [0.2, 0.25) is 0 Å². The van der Waals surface area contributed by atoms with Crippen molar-refractivity contribution in [2.75, 3.05) is 0 Å². The van der Waals surface area contributed by atoms with Gasteiger partial charge in [0.15, 0.2) is 0 Å². The van der Waals surface area contributed by atoms with E-state index < -0.39 is 0 Å². The number of nitrogens with zero attached hydrogens (tertiary/aromatic N) is 2. The van der Waals surface area contributed by atoms with E-state index in [-0.39, 0.29) is 0 Å². The molecule has 1 aromatic rings. The van der Waals surface area contributed by atoms with Crippen molar-refractivity contribution in [1.82, 2.24) is 0 Å². The van der Waals surface area contributed by atoms with Crippen LogP contribution in [0.15, 0.2) is 58.3 Å². The van der Waals surface area contributed by atoms with E-state index in [4.69, 9.17) is 12.2 Å². The quantitative estimate of drug-likeness (QED) is 0.672. The number of benzene rings is 1. The van der Waals surface area contributed by atoms with E-state index in [1.165, 1.54) is 0 Å². The maximum Gasteiger partial charge on any atom is 0.124 e. The summed E-state index contributed by atoms with van der Waals surface area (Å²) >= 11 is 5.35. The lowest BCUT2D eigenvalue weighted by molar-refractivity contribution is 1.28. The van der Waals surface area contributed by atoms with Crippen LogP contribution in [0.25, 0.3) is 5.57 Å². The summed E-state index contributed by atoms with van der Waals surface area (Å²) in [6.07, 6.45) is 6.67. The average molecular weight is 223 g/mol. The monoisotopic (exact) mass is 223 g/mol. The maximum absolute atomic E-state index is 5.35. The van der Waals surface area contributed by atoms with Crippen LogP contribution in [0.3, 0.4) is 0 Å². The Bertz CT molecular complexity index is 577. The molecule has 75 valence electrons. The molecule has 0 spiro atoms. The van der Waals surface area contributed by atoms with E-state index >= 15 is 0 Å². The molecule has 0 unspecified atom stereocenters. The Morgan fingerprint density at radius 1 is 1.06 bits per heavy atom. The fraction of sp³-hybridized carbons (Fsp3) is 0. The molecule has 3 rings (SSSR count). The van der Waals surface area contributed by atoms with Crippen LogP contribution < -0.4 is 0 Å². The van der Waals surface area contributed by atoms with E-state index in [9.17, 15) is 0 Å². The van der Waals surface area contributed by atoms with Crippen LogP contribution in [0.1, 0.15) is 5.56 Å². The SMILES string of the molecule is S=C1C=CC2=NN=[C]C2=C1c1ccccc1. The molecule has 0 fully saturated rings. The van der Waals surface area contributed by atoms with Crippen molar-refractivity contribution < 1.29 is 0 Å². The molecule has 0 aromatic heterocycles. The minimum absolute atomic E-state index is 0.810. The molecule has 0 bridgehead atoms. The molecule has 0 N–H and O–H groups in total. The van der Waals surface area contributed by atoms with Crippen LogP contribution in [0.2, 0.25) is 0 Å². The predicted molar refractivity (Wildman–Crippen MR) is 70.0 cm³/mol. The molecule has 0 saturated carbocycles. The molecule has 1 aliphatic heterocycles. The van der Waals surface area contributed by atoms with Gasteiger partial charge in [0.05, 0.1) is 5.71 Å². The first kappa shape index (κ1) is 9.36. The zero-order valence-corrected chi connectivity index (χ0v) is 9.16. The first-order valence-electron chi connectivity index (χ1n) is 4.92. The number of rotatable bonds is 1. The Labute approximate surface area is 98.7 Å². The predicted octanol–water partition coefficient (Wildman–Crippen LogP) is 2.70. The largest absolute Gasteiger partial charge is 0.150 e. The van der Waals surface area contributed by atoms with Crippen LogP contribution in [0, 0.1) is 0 Å². The molecule has 2 nitrogen and oxygen atoms in total. The van der Waals surface area contributed by atoms with E-state index in [0.29, 0.717) is 0 Å². The van der Waals surface area contributed by atoms with Crippen molar-refractivity contribution in [3.63, 3.8) is 0 Å². The minimum atomic E-state index is 0.810. The summed E-state index contributed by atoms with van der Waals surface area (Å²) in [5.41, 5.74) is 3.83. The normalized spacial score (nSPS) is 17.8. The summed E-state index contributed by atoms with van der Waals surface area (Å²) in [4.78, 5) is 0.810. The van der Waals surface area contributed by atoms with Crippen molar-refractivity contribution in [1.29, 1.82) is 0 Å². The average Bonchev–Trinajstić information content (AvgIpc) is 2.78. The fourth-order valence-electron chi connectivity index (χ4n) is 1.79. The van der Waals surface area contributed by atoms with Gasteiger partial charge in [0.25, 0.3) is 0 Å². The fourth-order valence-corrected chi connectivity index (χ4v) is 2.08. The highest BCUT2D eigenvalue weighted by molar-refractivity contribution is 7.81. The zero-order valence-electron chi connectivity index (χ0n) is 8.34. The van der Waals surface area contributed by atoms with Gasteiger partial charge in [-0.25, -0.2) is 0 Å². The van der Waals surface area contributed by atoms with E-state index in [0.717, 1.165) is 27.3 Å². The lowest BCUT2D eigenvalue weighted by atomic mass is 9.91. The number of fused-ring (bicyclic) bond motifs is 1. The number of thiocarbonyl (C=S) groups is 1. The van der Waals surface area contributed by atoms with Gasteiger partial charge in [0.1, 0.15) is 6.21 Å². The van der Waals surface area contributed by atoms with Crippen LogP contribution in [-0.4, -0.2) is 16.8 Å². The highest BCUT2D eigenvalue weighted by atomic mass is 32.1. The third kappa shape index (κ3) is 1.37. The van der Waals surface area contributed by atoms with Crippen LogP contribution >= 0.6 is 12.2 Å². The molecular formula is C13H7N2S. The summed E-state index contributed by atoms with van der Waals surface area (Å²) in [6.45, 7) is 0. The first-order valence-corrected chi connectivity index (χ1v) is 5.33. The molecule has 1 aliphatic carbocycles. The van der Waals surface area contributed by atoms with Gasteiger partial charge in [-0.2, -0.15) is 0 Å². The van der Waals surface area contributed by atoms with Gasteiger partial charge in [-0.05, 0) is 17.7 Å². The third-order valence-electron chi connectivity index (χ3n) is 2.53. The van der Waals surface area contributed by atoms with Crippen LogP contribution in [0.4, 0.5) is 0 Å². The second-order valence-corrected chi connectivity index (χ2v) is 3.95. The molecule has 1 radical (unpaired) electrons.